The molecular formula is C10H8N2S2. The van der Waals surface area contributed by atoms with Crippen LogP contribution in [0, 0.1) is 0 Å². The number of hydrogen-bond acceptors (Lipinski definition) is 4. The van der Waals surface area contributed by atoms with Crippen LogP contribution in [0.4, 0.5) is 0 Å². The lowest BCUT2D eigenvalue weighted by molar-refractivity contribution is 1.27. The first-order valence-corrected chi connectivity index (χ1v) is 5.94. The molecule has 0 unspecified atom stereocenters. The van der Waals surface area contributed by atoms with Crippen molar-refractivity contribution < 1.29 is 0 Å². The van der Waals surface area contributed by atoms with Gasteiger partial charge in [-0.15, -0.1) is 0 Å². The maximum absolute atomic E-state index is 3.94. The van der Waals surface area contributed by atoms with Gasteiger partial charge in [-0.1, -0.05) is 0 Å². The molecule has 4 heteroatoms. The monoisotopic (exact) mass is 220 g/mol. The van der Waals surface area contributed by atoms with Crippen molar-refractivity contribution >= 4 is 35.1 Å². The molecule has 0 spiro atoms. The molecule has 0 saturated carbocycles. The smallest absolute Gasteiger partial charge is 0.0576 e. The minimum absolute atomic E-state index is 1.09. The molecule has 2 aromatic rings. The zero-order valence-corrected chi connectivity index (χ0v) is 8.96. The minimum Gasteiger partial charge on any atom is -0.158 e. The van der Waals surface area contributed by atoms with Crippen molar-refractivity contribution in [2.45, 2.75) is 0 Å². The normalized spacial score (nSPS) is 11.7. The molecule has 2 rings (SSSR count). The van der Waals surface area contributed by atoms with Gasteiger partial charge in [0.05, 0.1) is 12.4 Å². The van der Waals surface area contributed by atoms with Crippen LogP contribution in [0.25, 0.3) is 0 Å². The molecule has 0 N–H and O–H groups in total. The van der Waals surface area contributed by atoms with Crippen molar-refractivity contribution in [1.29, 1.82) is 0 Å². The highest BCUT2D eigenvalue weighted by atomic mass is 32.1. The van der Waals surface area contributed by atoms with Gasteiger partial charge in [0, 0.05) is 11.1 Å². The Labute approximate surface area is 90.3 Å². The highest BCUT2D eigenvalue weighted by molar-refractivity contribution is 7.08. The molecule has 0 radical (unpaired) electrons. The van der Waals surface area contributed by atoms with Crippen molar-refractivity contribution in [3.8, 4) is 0 Å². The SMILES string of the molecule is C(=N/N=C\c1ccsc1)/c1ccsc1. The molecule has 2 nitrogen and oxygen atoms in total. The quantitative estimate of drug-likeness (QED) is 0.560. The van der Waals surface area contributed by atoms with Gasteiger partial charge < -0.3 is 0 Å². The van der Waals surface area contributed by atoms with E-state index in [2.05, 4.69) is 10.2 Å². The maximum Gasteiger partial charge on any atom is 0.0576 e. The van der Waals surface area contributed by atoms with Crippen LogP contribution >= 0.6 is 22.7 Å². The predicted molar refractivity (Wildman–Crippen MR) is 63.8 cm³/mol. The second-order valence-electron chi connectivity index (χ2n) is 2.60. The predicted octanol–water partition coefficient (Wildman–Crippen LogP) is 3.26. The molecule has 0 fully saturated rings. The summed E-state index contributed by atoms with van der Waals surface area (Å²) >= 11 is 3.31. The Hall–Kier alpha value is -1.26. The summed E-state index contributed by atoms with van der Waals surface area (Å²) in [7, 11) is 0. The Morgan fingerprint density at radius 3 is 1.71 bits per heavy atom. The van der Waals surface area contributed by atoms with E-state index < -0.39 is 0 Å². The van der Waals surface area contributed by atoms with E-state index in [1.165, 1.54) is 0 Å². The fraction of sp³-hybridized carbons (Fsp3) is 0. The Bertz CT molecular complexity index is 371. The molecule has 0 bridgehead atoms. The third-order valence-corrected chi connectivity index (χ3v) is 2.97. The summed E-state index contributed by atoms with van der Waals surface area (Å²) in [5.74, 6) is 0. The lowest BCUT2D eigenvalue weighted by Crippen LogP contribution is -1.74. The number of hydrogen-bond donors (Lipinski definition) is 0. The van der Waals surface area contributed by atoms with Crippen molar-refractivity contribution in [2.24, 2.45) is 10.2 Å². The van der Waals surface area contributed by atoms with Gasteiger partial charge in [-0.3, -0.25) is 0 Å². The van der Waals surface area contributed by atoms with Crippen LogP contribution in [0.1, 0.15) is 11.1 Å². The molecule has 2 aromatic heterocycles. The summed E-state index contributed by atoms with van der Waals surface area (Å²) < 4.78 is 0. The summed E-state index contributed by atoms with van der Waals surface area (Å²) in [6.07, 6.45) is 3.50. The van der Waals surface area contributed by atoms with Gasteiger partial charge in [-0.05, 0) is 33.7 Å². The summed E-state index contributed by atoms with van der Waals surface area (Å²) in [4.78, 5) is 0. The highest BCUT2D eigenvalue weighted by Crippen LogP contribution is 2.03. The molecule has 0 aliphatic carbocycles. The molecule has 0 saturated heterocycles. The third-order valence-electron chi connectivity index (χ3n) is 1.57. The summed E-state index contributed by atoms with van der Waals surface area (Å²) in [5, 5.41) is 16.0. The van der Waals surface area contributed by atoms with Gasteiger partial charge in [0.15, 0.2) is 0 Å². The first kappa shape index (κ1) is 9.30. The topological polar surface area (TPSA) is 24.7 Å². The first-order valence-electron chi connectivity index (χ1n) is 4.06. The van der Waals surface area contributed by atoms with Gasteiger partial charge >= 0.3 is 0 Å². The summed E-state index contributed by atoms with van der Waals surface area (Å²) in [6, 6.07) is 4.02. The molecule has 0 aromatic carbocycles. The van der Waals surface area contributed by atoms with Crippen molar-refractivity contribution in [1.82, 2.24) is 0 Å². The van der Waals surface area contributed by atoms with Crippen molar-refractivity contribution in [3.63, 3.8) is 0 Å². The van der Waals surface area contributed by atoms with Crippen LogP contribution in [0.3, 0.4) is 0 Å². The molecule has 0 aliphatic heterocycles. The van der Waals surface area contributed by atoms with Crippen LogP contribution in [-0.4, -0.2) is 12.4 Å². The minimum atomic E-state index is 1.09. The number of rotatable bonds is 3. The second kappa shape index (κ2) is 4.83. The van der Waals surface area contributed by atoms with Gasteiger partial charge in [0.25, 0.3) is 0 Å². The van der Waals surface area contributed by atoms with Crippen LogP contribution in [0.2, 0.25) is 0 Å². The maximum atomic E-state index is 3.94. The van der Waals surface area contributed by atoms with Crippen molar-refractivity contribution in [3.05, 3.63) is 44.8 Å². The molecule has 0 atom stereocenters. The lowest BCUT2D eigenvalue weighted by Gasteiger charge is -1.80. The van der Waals surface area contributed by atoms with E-state index in [0.29, 0.717) is 0 Å². The average molecular weight is 220 g/mol. The largest absolute Gasteiger partial charge is 0.158 e. The highest BCUT2D eigenvalue weighted by Gasteiger charge is 1.85. The molecule has 0 aliphatic rings. The molecular weight excluding hydrogens is 212 g/mol. The first-order chi connectivity index (χ1) is 6.95. The van der Waals surface area contributed by atoms with Gasteiger partial charge in [-0.25, -0.2) is 0 Å². The average Bonchev–Trinajstić information content (AvgIpc) is 2.86. The van der Waals surface area contributed by atoms with E-state index in [9.17, 15) is 0 Å². The van der Waals surface area contributed by atoms with Gasteiger partial charge in [0.2, 0.25) is 0 Å². The number of thiophene rings is 2. The lowest BCUT2D eigenvalue weighted by atomic mass is 10.4. The van der Waals surface area contributed by atoms with Crippen LogP contribution in [-0.2, 0) is 0 Å². The zero-order chi connectivity index (χ0) is 9.64. The summed E-state index contributed by atoms with van der Waals surface area (Å²) in [6.45, 7) is 0. The van der Waals surface area contributed by atoms with Gasteiger partial charge in [-0.2, -0.15) is 32.9 Å². The molecule has 2 heterocycles. The zero-order valence-electron chi connectivity index (χ0n) is 7.33. The standard InChI is InChI=1S/C10H8N2S2/c1-3-13-7-9(1)5-11-12-6-10-2-4-14-8-10/h1-8H/b11-5-,12-6-. The van der Waals surface area contributed by atoms with E-state index >= 15 is 0 Å². The fourth-order valence-electron chi connectivity index (χ4n) is 0.897. The van der Waals surface area contributed by atoms with E-state index in [1.807, 2.05) is 33.7 Å². The van der Waals surface area contributed by atoms with E-state index in [-0.39, 0.29) is 0 Å². The van der Waals surface area contributed by atoms with Gasteiger partial charge in [0.1, 0.15) is 0 Å². The fourth-order valence-corrected chi connectivity index (χ4v) is 2.12. The van der Waals surface area contributed by atoms with Crippen molar-refractivity contribution in [2.75, 3.05) is 0 Å². The Kier molecular flexibility index (Phi) is 3.21. The third kappa shape index (κ3) is 2.61. The van der Waals surface area contributed by atoms with E-state index in [1.54, 1.807) is 35.1 Å². The van der Waals surface area contributed by atoms with Crippen LogP contribution in [0.15, 0.2) is 43.9 Å². The Morgan fingerprint density at radius 2 is 1.36 bits per heavy atom. The molecule has 70 valence electrons. The molecule has 14 heavy (non-hydrogen) atoms. The van der Waals surface area contributed by atoms with Crippen LogP contribution < -0.4 is 0 Å². The number of nitrogens with zero attached hydrogens (tertiary/aromatic N) is 2. The van der Waals surface area contributed by atoms with E-state index in [0.717, 1.165) is 11.1 Å². The summed E-state index contributed by atoms with van der Waals surface area (Å²) in [5.41, 5.74) is 2.19. The Balaban J connectivity index is 1.94. The second-order valence-corrected chi connectivity index (χ2v) is 4.16. The van der Waals surface area contributed by atoms with Crippen LogP contribution in [0.5, 0.6) is 0 Å². The molecule has 0 amide bonds. The van der Waals surface area contributed by atoms with E-state index in [4.69, 9.17) is 0 Å². The Morgan fingerprint density at radius 1 is 0.857 bits per heavy atom.